The van der Waals surface area contributed by atoms with Crippen molar-refractivity contribution >= 4 is 29.0 Å². The molecule has 2 aromatic rings. The first-order chi connectivity index (χ1) is 16.0. The highest BCUT2D eigenvalue weighted by atomic mass is 32.2. The molecule has 1 heterocycles. The van der Waals surface area contributed by atoms with Crippen LogP contribution in [0.25, 0.3) is 17.3 Å². The van der Waals surface area contributed by atoms with Crippen LogP contribution in [0.2, 0.25) is 0 Å². The van der Waals surface area contributed by atoms with Crippen LogP contribution in [-0.2, 0) is 20.5 Å². The van der Waals surface area contributed by atoms with Gasteiger partial charge in [-0.25, -0.2) is 18.6 Å². The number of aromatic nitrogens is 2. The van der Waals surface area contributed by atoms with E-state index in [9.17, 15) is 23.6 Å². The Balaban J connectivity index is 2.47. The third-order valence-corrected chi connectivity index (χ3v) is 5.94. The van der Waals surface area contributed by atoms with Crippen molar-refractivity contribution < 1.29 is 28.3 Å². The fourth-order valence-corrected chi connectivity index (χ4v) is 3.53. The van der Waals surface area contributed by atoms with Crippen molar-refractivity contribution in [1.29, 1.82) is 0 Å². The van der Waals surface area contributed by atoms with Gasteiger partial charge in [0.05, 0.1) is 36.6 Å². The summed E-state index contributed by atoms with van der Waals surface area (Å²) in [6.45, 7) is 5.78. The summed E-state index contributed by atoms with van der Waals surface area (Å²) in [6.07, 6.45) is 2.28. The van der Waals surface area contributed by atoms with Crippen molar-refractivity contribution in [3.8, 4) is 11.3 Å². The number of carbonyl (C=O) groups is 1. The summed E-state index contributed by atoms with van der Waals surface area (Å²) >= 11 is 0. The summed E-state index contributed by atoms with van der Waals surface area (Å²) in [7, 11) is 0.262. The number of carbonyl (C=O) groups excluding carboxylic acids is 1. The van der Waals surface area contributed by atoms with Crippen molar-refractivity contribution in [3.63, 3.8) is 0 Å². The molecule has 10 heteroatoms. The number of ether oxygens (including phenoxy) is 1. The van der Waals surface area contributed by atoms with Gasteiger partial charge < -0.3 is 14.9 Å². The first-order valence-electron chi connectivity index (χ1n) is 11.0. The topological polar surface area (TPSA) is 113 Å². The molecule has 2 rings (SSSR count). The molecule has 34 heavy (non-hydrogen) atoms. The highest BCUT2D eigenvalue weighted by Gasteiger charge is 2.20. The summed E-state index contributed by atoms with van der Waals surface area (Å²) < 4.78 is 31.9. The lowest BCUT2D eigenvalue weighted by molar-refractivity contribution is -0.145. The molecular formula is C24H32FN3O5S. The van der Waals surface area contributed by atoms with Gasteiger partial charge in [0.15, 0.2) is 0 Å². The quantitative estimate of drug-likeness (QED) is 0.462. The second-order valence-corrected chi connectivity index (χ2v) is 9.47. The van der Waals surface area contributed by atoms with Crippen molar-refractivity contribution in [3.05, 3.63) is 47.4 Å². The minimum absolute atomic E-state index is 0.0502. The minimum atomic E-state index is -1.36. The average Bonchev–Trinajstić information content (AvgIpc) is 2.77. The van der Waals surface area contributed by atoms with Crippen molar-refractivity contribution in [2.45, 2.75) is 51.7 Å². The molecule has 2 N–H and O–H groups in total. The van der Waals surface area contributed by atoms with Gasteiger partial charge in [0, 0.05) is 30.9 Å². The Bertz CT molecular complexity index is 1030. The number of aliphatic hydroxyl groups is 2. The van der Waals surface area contributed by atoms with Gasteiger partial charge in [0.1, 0.15) is 16.8 Å². The predicted molar refractivity (Wildman–Crippen MR) is 131 cm³/mol. The Morgan fingerprint density at radius 2 is 1.88 bits per heavy atom. The first kappa shape index (κ1) is 27.6. The molecule has 8 nitrogen and oxygen atoms in total. The number of aliphatic hydroxyl groups excluding tert-OH is 2. The van der Waals surface area contributed by atoms with E-state index < -0.39 is 35.0 Å². The average molecular weight is 494 g/mol. The molecule has 1 aromatic carbocycles. The van der Waals surface area contributed by atoms with E-state index in [1.165, 1.54) is 28.8 Å². The lowest BCUT2D eigenvalue weighted by Gasteiger charge is -2.20. The van der Waals surface area contributed by atoms with Crippen LogP contribution < -0.4 is 4.31 Å². The van der Waals surface area contributed by atoms with Gasteiger partial charge in [-0.1, -0.05) is 26.0 Å². The monoisotopic (exact) mass is 493 g/mol. The van der Waals surface area contributed by atoms with Gasteiger partial charge in [-0.05, 0) is 37.1 Å². The van der Waals surface area contributed by atoms with E-state index in [2.05, 4.69) is 9.97 Å². The lowest BCUT2D eigenvalue weighted by atomic mass is 9.97. The highest BCUT2D eigenvalue weighted by molar-refractivity contribution is 7.85. The second kappa shape index (κ2) is 12.7. The van der Waals surface area contributed by atoms with E-state index >= 15 is 0 Å². The number of hydrogen-bond acceptors (Lipinski definition) is 7. The molecule has 1 aromatic heterocycles. The third-order valence-electron chi connectivity index (χ3n) is 5.00. The van der Waals surface area contributed by atoms with E-state index in [-0.39, 0.29) is 31.3 Å². The van der Waals surface area contributed by atoms with E-state index in [4.69, 9.17) is 4.74 Å². The Kier molecular flexibility index (Phi) is 10.3. The number of anilines is 1. The summed E-state index contributed by atoms with van der Waals surface area (Å²) in [6, 6.07) is 5.82. The van der Waals surface area contributed by atoms with Crippen molar-refractivity contribution in [2.24, 2.45) is 0 Å². The molecule has 1 unspecified atom stereocenters. The fraction of sp³-hybridized carbons (Fsp3) is 0.458. The Hall–Kier alpha value is -2.69. The predicted octanol–water partition coefficient (Wildman–Crippen LogP) is 3.21. The van der Waals surface area contributed by atoms with Gasteiger partial charge in [0.2, 0.25) is 5.95 Å². The summed E-state index contributed by atoms with van der Waals surface area (Å²) in [5.41, 5.74) is 2.37. The molecule has 186 valence electrons. The molecule has 0 bridgehead atoms. The zero-order valence-corrected chi connectivity index (χ0v) is 20.9. The van der Waals surface area contributed by atoms with Gasteiger partial charge in [-0.3, -0.25) is 9.10 Å². The number of hydrogen-bond donors (Lipinski definition) is 2. The van der Waals surface area contributed by atoms with Crippen LogP contribution in [0, 0.1) is 5.82 Å². The maximum absolute atomic E-state index is 13.6. The second-order valence-electron chi connectivity index (χ2n) is 8.08. The Morgan fingerprint density at radius 3 is 2.44 bits per heavy atom. The summed E-state index contributed by atoms with van der Waals surface area (Å²) in [5, 5.41) is 20.5. The Morgan fingerprint density at radius 1 is 1.24 bits per heavy atom. The van der Waals surface area contributed by atoms with Gasteiger partial charge in [-0.15, -0.1) is 0 Å². The number of rotatable bonds is 11. The zero-order chi connectivity index (χ0) is 25.4. The maximum atomic E-state index is 13.6. The van der Waals surface area contributed by atoms with Crippen LogP contribution in [0.15, 0.2) is 30.3 Å². The van der Waals surface area contributed by atoms with E-state index in [0.29, 0.717) is 22.5 Å². The van der Waals surface area contributed by atoms with Gasteiger partial charge in [-0.2, -0.15) is 0 Å². The molecule has 0 aliphatic rings. The number of halogens is 1. The smallest absolute Gasteiger partial charge is 0.308 e. The molecule has 0 spiro atoms. The van der Waals surface area contributed by atoms with Crippen molar-refractivity contribution in [1.82, 2.24) is 9.97 Å². The molecule has 3 atom stereocenters. The Labute approximate surface area is 202 Å². The first-order valence-corrected chi connectivity index (χ1v) is 12.5. The van der Waals surface area contributed by atoms with Crippen LogP contribution in [0.5, 0.6) is 0 Å². The largest absolute Gasteiger partial charge is 0.466 e. The van der Waals surface area contributed by atoms with Crippen LogP contribution in [-0.4, -0.2) is 62.5 Å². The molecule has 0 saturated carbocycles. The van der Waals surface area contributed by atoms with E-state index in [1.807, 2.05) is 13.8 Å². The molecule has 0 amide bonds. The fourth-order valence-electron chi connectivity index (χ4n) is 3.22. The molecule has 0 aliphatic carbocycles. The standard InChI is InChI=1S/C24H32FN3O5S/c1-6-33-21(31)14-19(30)13-18(29)11-12-20-22(15(2)3)26-24(28(4)34(5)32)27-23(20)16-7-9-17(25)10-8-16/h7-12,15,18-19,29-30H,6,13-14H2,1-5H3/b12-11+/t18-,19-,34?/m1/s1. The summed E-state index contributed by atoms with van der Waals surface area (Å²) in [4.78, 5) is 20.7. The van der Waals surface area contributed by atoms with Gasteiger partial charge >= 0.3 is 5.97 Å². The molecule has 0 saturated heterocycles. The number of nitrogens with zero attached hydrogens (tertiary/aromatic N) is 3. The summed E-state index contributed by atoms with van der Waals surface area (Å²) in [5.74, 6) is -0.720. The number of benzene rings is 1. The van der Waals surface area contributed by atoms with E-state index in [0.717, 1.165) is 0 Å². The van der Waals surface area contributed by atoms with Crippen molar-refractivity contribution in [2.75, 3.05) is 24.2 Å². The van der Waals surface area contributed by atoms with Crippen LogP contribution in [0.3, 0.4) is 0 Å². The minimum Gasteiger partial charge on any atom is -0.466 e. The third kappa shape index (κ3) is 7.68. The van der Waals surface area contributed by atoms with E-state index in [1.54, 1.807) is 32.2 Å². The highest BCUT2D eigenvalue weighted by Crippen LogP contribution is 2.31. The normalized spacial score (nSPS) is 14.3. The lowest BCUT2D eigenvalue weighted by Crippen LogP contribution is -2.23. The molecule has 0 fully saturated rings. The van der Waals surface area contributed by atoms with Gasteiger partial charge in [0.25, 0.3) is 0 Å². The molecular weight excluding hydrogens is 461 g/mol. The maximum Gasteiger partial charge on any atom is 0.308 e. The molecule has 0 radical (unpaired) electrons. The van der Waals surface area contributed by atoms with Crippen LogP contribution >= 0.6 is 0 Å². The van der Waals surface area contributed by atoms with Crippen LogP contribution in [0.4, 0.5) is 10.3 Å². The number of esters is 1. The van der Waals surface area contributed by atoms with Crippen LogP contribution in [0.1, 0.15) is 50.8 Å². The SMILES string of the molecule is CCOC(=O)C[C@H](O)C[C@H](O)/C=C/c1c(-c2ccc(F)cc2)nc(N(C)S(C)=O)nc1C(C)C. The molecule has 0 aliphatic heterocycles. The zero-order valence-electron chi connectivity index (χ0n) is 20.1.